The zero-order valence-electron chi connectivity index (χ0n) is 19.7. The minimum atomic E-state index is -0.579. The average molecular weight is 495 g/mol. The maximum absolute atomic E-state index is 13.4. The monoisotopic (exact) mass is 494 g/mol. The minimum Gasteiger partial charge on any atom is -0.357 e. The van der Waals surface area contributed by atoms with Gasteiger partial charge in [0, 0.05) is 36.4 Å². The van der Waals surface area contributed by atoms with E-state index in [0.29, 0.717) is 24.4 Å². The predicted molar refractivity (Wildman–Crippen MR) is 141 cm³/mol. The quantitative estimate of drug-likeness (QED) is 0.266. The van der Waals surface area contributed by atoms with Crippen LogP contribution in [0, 0.1) is 6.92 Å². The number of nitrogens with one attached hydrogen (secondary N) is 1. The van der Waals surface area contributed by atoms with E-state index >= 15 is 0 Å². The Morgan fingerprint density at radius 2 is 1.62 bits per heavy atom. The van der Waals surface area contributed by atoms with Crippen molar-refractivity contribution >= 4 is 35.2 Å². The van der Waals surface area contributed by atoms with Crippen LogP contribution in [0.25, 0.3) is 0 Å². The normalized spacial score (nSPS) is 11.6. The van der Waals surface area contributed by atoms with Gasteiger partial charge in [-0.05, 0) is 54.5 Å². The van der Waals surface area contributed by atoms with Crippen LogP contribution in [0.5, 0.6) is 0 Å². The Balaban J connectivity index is 1.73. The molecule has 0 saturated heterocycles. The predicted octanol–water partition coefficient (Wildman–Crippen LogP) is 5.91. The third-order valence-corrected chi connectivity index (χ3v) is 6.96. The summed E-state index contributed by atoms with van der Waals surface area (Å²) in [6.07, 6.45) is 1.58. The van der Waals surface area contributed by atoms with Gasteiger partial charge in [0.25, 0.3) is 0 Å². The molecule has 0 saturated carbocycles. The first-order valence-corrected chi connectivity index (χ1v) is 12.8. The first-order chi connectivity index (χ1) is 16.5. The van der Waals surface area contributed by atoms with Crippen molar-refractivity contribution in [1.82, 2.24) is 10.2 Å². The van der Waals surface area contributed by atoms with E-state index < -0.39 is 6.04 Å². The Morgan fingerprint density at radius 1 is 0.941 bits per heavy atom. The van der Waals surface area contributed by atoms with E-state index in [-0.39, 0.29) is 11.8 Å². The van der Waals surface area contributed by atoms with Crippen molar-refractivity contribution in [3.05, 3.63) is 101 Å². The van der Waals surface area contributed by atoms with Gasteiger partial charge < -0.3 is 10.2 Å². The molecule has 2 amide bonds. The fourth-order valence-electron chi connectivity index (χ4n) is 3.70. The molecule has 0 heterocycles. The molecule has 6 heteroatoms. The van der Waals surface area contributed by atoms with Crippen molar-refractivity contribution in [3.63, 3.8) is 0 Å². The van der Waals surface area contributed by atoms with Crippen molar-refractivity contribution < 1.29 is 9.59 Å². The summed E-state index contributed by atoms with van der Waals surface area (Å²) in [5.74, 6) is 0.649. The zero-order chi connectivity index (χ0) is 24.3. The van der Waals surface area contributed by atoms with Gasteiger partial charge in [-0.1, -0.05) is 71.8 Å². The Morgan fingerprint density at radius 3 is 2.26 bits per heavy atom. The number of amides is 2. The number of nitrogens with zero attached hydrogens (tertiary/aromatic N) is 1. The fraction of sp³-hybridized carbons (Fsp3) is 0.286. The second-order valence-corrected chi connectivity index (χ2v) is 9.84. The lowest BCUT2D eigenvalue weighted by Crippen LogP contribution is -2.49. The Hall–Kier alpha value is -2.76. The van der Waals surface area contributed by atoms with Gasteiger partial charge in [-0.2, -0.15) is 0 Å². The van der Waals surface area contributed by atoms with Crippen LogP contribution in [-0.4, -0.2) is 35.6 Å². The van der Waals surface area contributed by atoms with Gasteiger partial charge in [0.1, 0.15) is 6.04 Å². The third kappa shape index (κ3) is 7.93. The molecule has 0 aliphatic carbocycles. The molecule has 1 unspecified atom stereocenters. The Bertz CT molecular complexity index is 1060. The van der Waals surface area contributed by atoms with Gasteiger partial charge in [-0.25, -0.2) is 0 Å². The van der Waals surface area contributed by atoms with Crippen LogP contribution in [0.2, 0.25) is 5.02 Å². The summed E-state index contributed by atoms with van der Waals surface area (Å²) in [4.78, 5) is 29.2. The summed E-state index contributed by atoms with van der Waals surface area (Å²) < 4.78 is 0. The largest absolute Gasteiger partial charge is 0.357 e. The molecule has 3 rings (SSSR count). The molecule has 1 atom stereocenters. The Kier molecular flexibility index (Phi) is 10.0. The number of aryl methyl sites for hydroxylation is 1. The van der Waals surface area contributed by atoms with Crippen LogP contribution in [-0.2, 0) is 22.6 Å². The highest BCUT2D eigenvalue weighted by atomic mass is 35.5. The van der Waals surface area contributed by atoms with Gasteiger partial charge in [0.15, 0.2) is 0 Å². The molecule has 0 bridgehead atoms. The summed E-state index contributed by atoms with van der Waals surface area (Å²) in [6, 6.07) is 25.1. The highest BCUT2D eigenvalue weighted by Crippen LogP contribution is 2.22. The van der Waals surface area contributed by atoms with Gasteiger partial charge in [-0.3, -0.25) is 9.59 Å². The van der Waals surface area contributed by atoms with E-state index in [1.807, 2.05) is 85.8 Å². The SMILES string of the molecule is CNC(=O)C(Cc1ccccc1)N(Cc1ccc(C)cc1)C(=O)CCCSc1ccc(Cl)cc1. The number of carbonyl (C=O) groups excluding carboxylic acids is 2. The van der Waals surface area contributed by atoms with Crippen LogP contribution in [0.4, 0.5) is 0 Å². The summed E-state index contributed by atoms with van der Waals surface area (Å²) in [5, 5.41) is 3.47. The van der Waals surface area contributed by atoms with Crippen molar-refractivity contribution in [2.45, 2.75) is 43.7 Å². The third-order valence-electron chi connectivity index (χ3n) is 5.61. The first kappa shape index (κ1) is 25.9. The van der Waals surface area contributed by atoms with Crippen LogP contribution >= 0.6 is 23.4 Å². The molecule has 0 fully saturated rings. The van der Waals surface area contributed by atoms with E-state index in [4.69, 9.17) is 11.6 Å². The van der Waals surface area contributed by atoms with Crippen molar-refractivity contribution in [3.8, 4) is 0 Å². The number of likely N-dealkylation sites (N-methyl/N-ethyl adjacent to an activating group) is 1. The lowest BCUT2D eigenvalue weighted by Gasteiger charge is -2.31. The van der Waals surface area contributed by atoms with Gasteiger partial charge in [0.05, 0.1) is 0 Å². The van der Waals surface area contributed by atoms with Crippen LogP contribution < -0.4 is 5.32 Å². The summed E-state index contributed by atoms with van der Waals surface area (Å²) >= 11 is 7.66. The minimum absolute atomic E-state index is 0.0122. The number of hydrogen-bond donors (Lipinski definition) is 1. The number of thioether (sulfide) groups is 1. The highest BCUT2D eigenvalue weighted by Gasteiger charge is 2.29. The summed E-state index contributed by atoms with van der Waals surface area (Å²) in [7, 11) is 1.62. The van der Waals surface area contributed by atoms with Crippen molar-refractivity contribution in [1.29, 1.82) is 0 Å². The van der Waals surface area contributed by atoms with Crippen molar-refractivity contribution in [2.24, 2.45) is 0 Å². The molecule has 4 nitrogen and oxygen atoms in total. The molecule has 0 aliphatic heterocycles. The standard InChI is InChI=1S/C28H31ClN2O2S/c1-21-10-12-23(13-11-21)20-31(26(28(33)30-2)19-22-7-4-3-5-8-22)27(32)9-6-18-34-25-16-14-24(29)15-17-25/h3-5,7-8,10-17,26H,6,9,18-20H2,1-2H3,(H,30,33). The van der Waals surface area contributed by atoms with E-state index in [1.54, 1.807) is 23.7 Å². The zero-order valence-corrected chi connectivity index (χ0v) is 21.2. The molecule has 3 aromatic carbocycles. The van der Waals surface area contributed by atoms with Crippen LogP contribution in [0.3, 0.4) is 0 Å². The first-order valence-electron chi connectivity index (χ1n) is 11.4. The smallest absolute Gasteiger partial charge is 0.242 e. The number of hydrogen-bond acceptors (Lipinski definition) is 3. The lowest BCUT2D eigenvalue weighted by molar-refractivity contribution is -0.141. The van der Waals surface area contributed by atoms with Crippen LogP contribution in [0.15, 0.2) is 83.8 Å². The fourth-order valence-corrected chi connectivity index (χ4v) is 4.68. The van der Waals surface area contributed by atoms with Gasteiger partial charge in [-0.15, -0.1) is 11.8 Å². The maximum atomic E-state index is 13.4. The van der Waals surface area contributed by atoms with Gasteiger partial charge >= 0.3 is 0 Å². The number of carbonyl (C=O) groups is 2. The number of rotatable bonds is 11. The lowest BCUT2D eigenvalue weighted by atomic mass is 10.0. The topological polar surface area (TPSA) is 49.4 Å². The molecule has 0 aliphatic rings. The average Bonchev–Trinajstić information content (AvgIpc) is 2.86. The molecule has 0 aromatic heterocycles. The maximum Gasteiger partial charge on any atom is 0.242 e. The number of halogens is 1. The Labute approximate surface area is 211 Å². The molecular weight excluding hydrogens is 464 g/mol. The molecule has 1 N–H and O–H groups in total. The second-order valence-electron chi connectivity index (χ2n) is 8.23. The molecule has 178 valence electrons. The van der Waals surface area contributed by atoms with E-state index in [9.17, 15) is 9.59 Å². The van der Waals surface area contributed by atoms with E-state index in [2.05, 4.69) is 5.32 Å². The van der Waals surface area contributed by atoms with Crippen molar-refractivity contribution in [2.75, 3.05) is 12.8 Å². The molecule has 3 aromatic rings. The van der Waals surface area contributed by atoms with Crippen LogP contribution in [0.1, 0.15) is 29.5 Å². The molecule has 0 radical (unpaired) electrons. The summed E-state index contributed by atoms with van der Waals surface area (Å²) in [5.41, 5.74) is 3.19. The van der Waals surface area contributed by atoms with Gasteiger partial charge in [0.2, 0.25) is 11.8 Å². The van der Waals surface area contributed by atoms with E-state index in [0.717, 1.165) is 33.8 Å². The molecule has 34 heavy (non-hydrogen) atoms. The summed E-state index contributed by atoms with van der Waals surface area (Å²) in [6.45, 7) is 2.43. The molecule has 0 spiro atoms. The second kappa shape index (κ2) is 13.2. The molecular formula is C28H31ClN2O2S. The number of benzene rings is 3. The highest BCUT2D eigenvalue weighted by molar-refractivity contribution is 7.99. The van der Waals surface area contributed by atoms with E-state index in [1.165, 1.54) is 0 Å².